The fourth-order valence-corrected chi connectivity index (χ4v) is 3.87. The summed E-state index contributed by atoms with van der Waals surface area (Å²) in [5.74, 6) is 0.467. The maximum Gasteiger partial charge on any atom is 0.136 e. The van der Waals surface area contributed by atoms with E-state index in [4.69, 9.17) is 9.47 Å². The Morgan fingerprint density at radius 3 is 2.73 bits per heavy atom. The smallest absolute Gasteiger partial charge is 0.136 e. The van der Waals surface area contributed by atoms with Crippen molar-refractivity contribution in [2.75, 3.05) is 33.0 Å². The third-order valence-electron chi connectivity index (χ3n) is 5.91. The molecule has 200 valence electrons. The summed E-state index contributed by atoms with van der Waals surface area (Å²) in [4.78, 5) is 4.45. The molecule has 0 spiro atoms. The van der Waals surface area contributed by atoms with Gasteiger partial charge >= 0.3 is 0 Å². The van der Waals surface area contributed by atoms with Gasteiger partial charge in [0.25, 0.3) is 0 Å². The van der Waals surface area contributed by atoms with Crippen molar-refractivity contribution in [2.45, 2.75) is 58.6 Å². The number of hydrogen-bond acceptors (Lipinski definition) is 7. The molecule has 7 nitrogen and oxygen atoms in total. The van der Waals surface area contributed by atoms with Gasteiger partial charge in [-0.15, -0.1) is 0 Å². The van der Waals surface area contributed by atoms with Crippen molar-refractivity contribution in [2.24, 2.45) is 4.99 Å². The molecular weight excluding hydrogens is 464 g/mol. The van der Waals surface area contributed by atoms with Crippen molar-refractivity contribution in [3.63, 3.8) is 0 Å². The Hall–Kier alpha value is -3.18. The molecule has 0 bridgehead atoms. The van der Waals surface area contributed by atoms with Crippen LogP contribution in [0.2, 0.25) is 0 Å². The van der Waals surface area contributed by atoms with Gasteiger partial charge in [-0.1, -0.05) is 25.3 Å². The van der Waals surface area contributed by atoms with E-state index in [2.05, 4.69) is 55.6 Å². The second-order valence-electron chi connectivity index (χ2n) is 10.1. The highest BCUT2D eigenvalue weighted by Gasteiger charge is 2.18. The molecule has 1 fully saturated rings. The fourth-order valence-electron chi connectivity index (χ4n) is 3.87. The van der Waals surface area contributed by atoms with E-state index in [9.17, 15) is 10.4 Å². The minimum atomic E-state index is -0.0509. The Morgan fingerprint density at radius 1 is 1.35 bits per heavy atom. The molecule has 1 saturated heterocycles. The first-order chi connectivity index (χ1) is 17.6. The Kier molecular flexibility index (Phi) is 12.3. The molecule has 0 unspecified atom stereocenters. The largest absolute Gasteiger partial charge is 0.489 e. The number of nitriles is 1. The molecule has 0 amide bonds. The van der Waals surface area contributed by atoms with Crippen LogP contribution in [0.1, 0.15) is 47.0 Å². The molecule has 2 aliphatic rings. The van der Waals surface area contributed by atoms with Gasteiger partial charge in [0.1, 0.15) is 24.6 Å². The van der Waals surface area contributed by atoms with Crippen LogP contribution < -0.4 is 10.6 Å². The fraction of sp³-hybridized carbons (Fsp3) is 0.467. The van der Waals surface area contributed by atoms with Crippen molar-refractivity contribution in [1.29, 1.82) is 5.26 Å². The minimum absolute atomic E-state index is 0.00565. The predicted molar refractivity (Wildman–Crippen MR) is 151 cm³/mol. The van der Waals surface area contributed by atoms with Gasteiger partial charge in [-0.05, 0) is 81.2 Å². The highest BCUT2D eigenvalue weighted by Crippen LogP contribution is 2.25. The molecule has 0 aromatic rings. The summed E-state index contributed by atoms with van der Waals surface area (Å²) < 4.78 is 11.5. The summed E-state index contributed by atoms with van der Waals surface area (Å²) in [5, 5.41) is 25.9. The number of ether oxygens (including phenoxy) is 2. The van der Waals surface area contributed by atoms with E-state index in [0.717, 1.165) is 53.8 Å². The lowest BCUT2D eigenvalue weighted by atomic mass is 9.96. The molecule has 0 radical (unpaired) electrons. The number of aliphatic hydroxyl groups is 1. The summed E-state index contributed by atoms with van der Waals surface area (Å²) >= 11 is 0. The van der Waals surface area contributed by atoms with Crippen LogP contribution in [0, 0.1) is 11.3 Å². The molecule has 0 atom stereocenters. The van der Waals surface area contributed by atoms with Gasteiger partial charge in [0.2, 0.25) is 0 Å². The summed E-state index contributed by atoms with van der Waals surface area (Å²) in [6, 6.07) is 2.10. The third-order valence-corrected chi connectivity index (χ3v) is 5.91. The van der Waals surface area contributed by atoms with Gasteiger partial charge in [0.05, 0.1) is 25.4 Å². The standard InChI is InChI=1S/C30H42N4O3/c1-22(7-8-29(24(3)20-31)37-26-12-17-36-18-13-26)27-10-14-32-21-33-28(19-23(27)2)25(11-16-35)9-15-34-30(4,5)6/h7-8,10-11,14,19,26,33-35H,2-3,9,12-13,15-18,21H2,1,4-6H3/b22-7+,25-11+,27-10-,28-19-,29-8+,32-14?. The zero-order valence-corrected chi connectivity index (χ0v) is 22.8. The van der Waals surface area contributed by atoms with E-state index in [1.807, 2.05) is 31.2 Å². The zero-order chi connectivity index (χ0) is 27.3. The van der Waals surface area contributed by atoms with Crippen LogP contribution in [0.25, 0.3) is 0 Å². The first kappa shape index (κ1) is 30.0. The van der Waals surface area contributed by atoms with Gasteiger partial charge in [-0.3, -0.25) is 4.99 Å². The molecule has 0 aliphatic carbocycles. The van der Waals surface area contributed by atoms with Crippen LogP contribution in [-0.4, -0.2) is 56.0 Å². The number of hydrogen-bond donors (Lipinski definition) is 3. The minimum Gasteiger partial charge on any atom is -0.489 e. The van der Waals surface area contributed by atoms with Gasteiger partial charge in [-0.25, -0.2) is 0 Å². The first-order valence-corrected chi connectivity index (χ1v) is 12.8. The van der Waals surface area contributed by atoms with Crippen molar-refractivity contribution in [3.8, 4) is 6.07 Å². The van der Waals surface area contributed by atoms with E-state index in [1.165, 1.54) is 0 Å². The molecule has 2 heterocycles. The maximum atomic E-state index is 9.64. The highest BCUT2D eigenvalue weighted by atomic mass is 16.5. The van der Waals surface area contributed by atoms with Crippen molar-refractivity contribution >= 4 is 6.21 Å². The molecule has 0 aromatic heterocycles. The monoisotopic (exact) mass is 506 g/mol. The van der Waals surface area contributed by atoms with Crippen LogP contribution in [0.4, 0.5) is 0 Å². The highest BCUT2D eigenvalue weighted by molar-refractivity contribution is 5.76. The SMILES string of the molecule is C=C(C#N)\C(=C/C=C(C)/C1=C/C=NCNC(/C(=C/CO)CCNC(C)(C)C)=C\C1=C)OC1CCOCC1. The molecule has 2 rings (SSSR count). The number of aliphatic hydroxyl groups excluding tert-OH is 1. The quantitative estimate of drug-likeness (QED) is 0.224. The van der Waals surface area contributed by atoms with Gasteiger partial charge < -0.3 is 25.2 Å². The Labute approximate surface area is 222 Å². The number of nitrogens with zero attached hydrogens (tertiary/aromatic N) is 2. The predicted octanol–water partition coefficient (Wildman–Crippen LogP) is 4.79. The average Bonchev–Trinajstić information content (AvgIpc) is 2.95. The average molecular weight is 507 g/mol. The second-order valence-corrected chi connectivity index (χ2v) is 10.1. The normalized spacial score (nSPS) is 21.4. The number of aliphatic imine (C=N–C) groups is 1. The van der Waals surface area contributed by atoms with E-state index < -0.39 is 0 Å². The molecule has 0 saturated carbocycles. The van der Waals surface area contributed by atoms with Gasteiger partial charge in [0, 0.05) is 30.3 Å². The van der Waals surface area contributed by atoms with Crippen LogP contribution in [0.15, 0.2) is 87.9 Å². The molecule has 3 N–H and O–H groups in total. The molecule has 37 heavy (non-hydrogen) atoms. The van der Waals surface area contributed by atoms with E-state index in [0.29, 0.717) is 25.6 Å². The Balaban J connectivity index is 2.29. The van der Waals surface area contributed by atoms with Crippen LogP contribution >= 0.6 is 0 Å². The molecule has 7 heteroatoms. The van der Waals surface area contributed by atoms with Crippen molar-refractivity contribution in [1.82, 2.24) is 10.6 Å². The van der Waals surface area contributed by atoms with Crippen molar-refractivity contribution in [3.05, 3.63) is 82.9 Å². The van der Waals surface area contributed by atoms with Crippen molar-refractivity contribution < 1.29 is 14.6 Å². The van der Waals surface area contributed by atoms with E-state index >= 15 is 0 Å². The second kappa shape index (κ2) is 15.2. The number of nitrogens with one attached hydrogen (secondary N) is 2. The lowest BCUT2D eigenvalue weighted by Crippen LogP contribution is -2.36. The summed E-state index contributed by atoms with van der Waals surface area (Å²) in [6.07, 6.45) is 13.5. The van der Waals surface area contributed by atoms with E-state index in [1.54, 1.807) is 12.3 Å². The zero-order valence-electron chi connectivity index (χ0n) is 22.8. The first-order valence-electron chi connectivity index (χ1n) is 12.8. The number of rotatable bonds is 10. The van der Waals surface area contributed by atoms with Gasteiger partial charge in [0.15, 0.2) is 0 Å². The van der Waals surface area contributed by atoms with Crippen LogP contribution in [0.3, 0.4) is 0 Å². The molecular formula is C30H42N4O3. The summed E-state index contributed by atoms with van der Waals surface area (Å²) in [5.41, 5.74) is 4.82. The molecule has 2 aliphatic heterocycles. The lowest BCUT2D eigenvalue weighted by molar-refractivity contribution is -0.00129. The Bertz CT molecular complexity index is 1040. The topological polar surface area (TPSA) is 98.9 Å². The maximum absolute atomic E-state index is 9.64. The molecule has 0 aromatic carbocycles. The van der Waals surface area contributed by atoms with E-state index in [-0.39, 0.29) is 23.8 Å². The summed E-state index contributed by atoms with van der Waals surface area (Å²) in [6.45, 7) is 19.0. The van der Waals surface area contributed by atoms with Crippen LogP contribution in [-0.2, 0) is 9.47 Å². The van der Waals surface area contributed by atoms with Crippen LogP contribution in [0.5, 0.6) is 0 Å². The van der Waals surface area contributed by atoms with Gasteiger partial charge in [-0.2, -0.15) is 5.26 Å². The third kappa shape index (κ3) is 10.8. The Morgan fingerprint density at radius 2 is 2.08 bits per heavy atom. The summed E-state index contributed by atoms with van der Waals surface area (Å²) in [7, 11) is 0. The lowest BCUT2D eigenvalue weighted by Gasteiger charge is -2.24. The number of allylic oxidation sites excluding steroid dienone is 9.